The minimum absolute atomic E-state index is 0.267. The van der Waals surface area contributed by atoms with Crippen LogP contribution in [0.15, 0.2) is 29.4 Å². The van der Waals surface area contributed by atoms with Gasteiger partial charge < -0.3 is 21.0 Å². The van der Waals surface area contributed by atoms with E-state index < -0.39 is 0 Å². The van der Waals surface area contributed by atoms with Gasteiger partial charge >= 0.3 is 0 Å². The first-order valence-corrected chi connectivity index (χ1v) is 6.01. The Morgan fingerprint density at radius 2 is 2.11 bits per heavy atom. The number of nitrogens with two attached hydrogens (primary N) is 1. The monoisotopic (exact) mass is 251 g/mol. The molecule has 0 bridgehead atoms. The number of nitrogens with one attached hydrogen (secondary N) is 1. The van der Waals surface area contributed by atoms with Crippen molar-refractivity contribution in [1.82, 2.24) is 5.32 Å². The summed E-state index contributed by atoms with van der Waals surface area (Å²) in [5.41, 5.74) is 6.60. The highest BCUT2D eigenvalue weighted by Crippen LogP contribution is 2.17. The maximum Gasteiger partial charge on any atom is 0.139 e. The molecule has 5 nitrogen and oxygen atoms in total. The number of ether oxygens (including phenoxy) is 1. The predicted molar refractivity (Wildman–Crippen MR) is 72.1 cm³/mol. The molecule has 4 N–H and O–H groups in total. The van der Waals surface area contributed by atoms with E-state index in [1.54, 1.807) is 7.11 Å². The maximum atomic E-state index is 8.40. The molecule has 0 aliphatic carbocycles. The molecular formula is C13H21N3O2. The number of rotatable bonds is 7. The molecular weight excluding hydrogens is 230 g/mol. The summed E-state index contributed by atoms with van der Waals surface area (Å²) in [5, 5.41) is 14.7. The molecule has 1 unspecified atom stereocenters. The van der Waals surface area contributed by atoms with Crippen molar-refractivity contribution in [3.8, 4) is 5.75 Å². The van der Waals surface area contributed by atoms with E-state index in [0.29, 0.717) is 6.42 Å². The van der Waals surface area contributed by atoms with Crippen LogP contribution in [0, 0.1) is 0 Å². The second-order valence-corrected chi connectivity index (χ2v) is 4.14. The highest BCUT2D eigenvalue weighted by molar-refractivity contribution is 5.79. The molecule has 0 heterocycles. The lowest BCUT2D eigenvalue weighted by atomic mass is 10.1. The van der Waals surface area contributed by atoms with E-state index in [0.717, 1.165) is 18.7 Å². The largest absolute Gasteiger partial charge is 0.497 e. The molecule has 0 aliphatic rings. The van der Waals surface area contributed by atoms with E-state index in [1.807, 2.05) is 24.3 Å². The molecule has 0 saturated carbocycles. The summed E-state index contributed by atoms with van der Waals surface area (Å²) in [6.07, 6.45) is 1.44. The molecule has 1 atom stereocenters. The summed E-state index contributed by atoms with van der Waals surface area (Å²) >= 11 is 0. The highest BCUT2D eigenvalue weighted by atomic mass is 16.5. The Hall–Kier alpha value is -1.75. The van der Waals surface area contributed by atoms with Crippen molar-refractivity contribution >= 4 is 5.84 Å². The van der Waals surface area contributed by atoms with Crippen LogP contribution in [0.5, 0.6) is 5.75 Å². The molecule has 0 spiro atoms. The summed E-state index contributed by atoms with van der Waals surface area (Å²) in [4.78, 5) is 0. The molecule has 100 valence electrons. The van der Waals surface area contributed by atoms with Gasteiger partial charge in [-0.3, -0.25) is 0 Å². The Balaban J connectivity index is 2.33. The average molecular weight is 251 g/mol. The molecule has 1 aromatic carbocycles. The molecule has 5 heteroatoms. The zero-order valence-electron chi connectivity index (χ0n) is 10.9. The number of oxime groups is 1. The number of benzene rings is 1. The summed E-state index contributed by atoms with van der Waals surface area (Å²) in [6, 6.07) is 8.25. The Morgan fingerprint density at radius 3 is 2.67 bits per heavy atom. The Labute approximate surface area is 108 Å². The fraction of sp³-hybridized carbons (Fsp3) is 0.462. The van der Waals surface area contributed by atoms with Gasteiger partial charge in [0, 0.05) is 12.5 Å². The van der Waals surface area contributed by atoms with Crippen LogP contribution < -0.4 is 15.8 Å². The molecule has 0 aromatic heterocycles. The van der Waals surface area contributed by atoms with Gasteiger partial charge in [-0.25, -0.2) is 0 Å². The first kappa shape index (κ1) is 14.3. The molecule has 0 fully saturated rings. The van der Waals surface area contributed by atoms with Gasteiger partial charge in [0.1, 0.15) is 11.6 Å². The van der Waals surface area contributed by atoms with Crippen LogP contribution in [0.25, 0.3) is 0 Å². The summed E-state index contributed by atoms with van der Waals surface area (Å²) < 4.78 is 5.12. The molecule has 1 aromatic rings. The lowest BCUT2D eigenvalue weighted by Crippen LogP contribution is -2.21. The zero-order chi connectivity index (χ0) is 13.4. The maximum absolute atomic E-state index is 8.40. The number of nitrogens with zero attached hydrogens (tertiary/aromatic N) is 1. The van der Waals surface area contributed by atoms with Crippen molar-refractivity contribution in [3.63, 3.8) is 0 Å². The molecule has 1 rings (SSSR count). The van der Waals surface area contributed by atoms with Gasteiger partial charge in [0.2, 0.25) is 0 Å². The second-order valence-electron chi connectivity index (χ2n) is 4.14. The van der Waals surface area contributed by atoms with E-state index in [-0.39, 0.29) is 11.9 Å². The van der Waals surface area contributed by atoms with Crippen LogP contribution in [0.1, 0.15) is 31.4 Å². The van der Waals surface area contributed by atoms with Crippen molar-refractivity contribution in [2.45, 2.75) is 25.8 Å². The first-order valence-electron chi connectivity index (χ1n) is 6.01. The van der Waals surface area contributed by atoms with Crippen molar-refractivity contribution in [3.05, 3.63) is 29.8 Å². The summed E-state index contributed by atoms with van der Waals surface area (Å²) in [5.74, 6) is 1.13. The number of methoxy groups -OCH3 is 1. The van der Waals surface area contributed by atoms with Gasteiger partial charge in [-0.1, -0.05) is 17.3 Å². The SMILES string of the molecule is COc1ccc(C(C)NCCCC(N)=NO)cc1. The molecule has 0 aliphatic heterocycles. The second kappa shape index (κ2) is 7.55. The normalized spacial score (nSPS) is 13.3. The number of hydrogen-bond acceptors (Lipinski definition) is 4. The molecule has 0 saturated heterocycles. The van der Waals surface area contributed by atoms with Crippen LogP contribution in [0.2, 0.25) is 0 Å². The first-order chi connectivity index (χ1) is 8.67. The van der Waals surface area contributed by atoms with E-state index in [9.17, 15) is 0 Å². The van der Waals surface area contributed by atoms with Crippen molar-refractivity contribution in [2.75, 3.05) is 13.7 Å². The fourth-order valence-electron chi connectivity index (χ4n) is 1.65. The van der Waals surface area contributed by atoms with Crippen LogP contribution in [0.3, 0.4) is 0 Å². The van der Waals surface area contributed by atoms with Gasteiger partial charge in [-0.2, -0.15) is 0 Å². The zero-order valence-corrected chi connectivity index (χ0v) is 10.9. The molecule has 0 radical (unpaired) electrons. The quantitative estimate of drug-likeness (QED) is 0.227. The highest BCUT2D eigenvalue weighted by Gasteiger charge is 2.04. The smallest absolute Gasteiger partial charge is 0.139 e. The van der Waals surface area contributed by atoms with Crippen LogP contribution in [0.4, 0.5) is 0 Å². The summed E-state index contributed by atoms with van der Waals surface area (Å²) in [6.45, 7) is 2.93. The van der Waals surface area contributed by atoms with E-state index in [1.165, 1.54) is 5.56 Å². The van der Waals surface area contributed by atoms with Crippen LogP contribution in [-0.4, -0.2) is 24.7 Å². The van der Waals surface area contributed by atoms with Crippen LogP contribution >= 0.6 is 0 Å². The third-order valence-electron chi connectivity index (χ3n) is 2.80. The van der Waals surface area contributed by atoms with Crippen LogP contribution in [-0.2, 0) is 0 Å². The molecule has 18 heavy (non-hydrogen) atoms. The predicted octanol–water partition coefficient (Wildman–Crippen LogP) is 1.87. The third-order valence-corrected chi connectivity index (χ3v) is 2.80. The minimum atomic E-state index is 0.267. The Bertz CT molecular complexity index is 376. The van der Waals surface area contributed by atoms with Crippen molar-refractivity contribution < 1.29 is 9.94 Å². The van der Waals surface area contributed by atoms with Gasteiger partial charge in [0.15, 0.2) is 0 Å². The molecule has 0 amide bonds. The van der Waals surface area contributed by atoms with Crippen molar-refractivity contribution in [2.24, 2.45) is 10.9 Å². The van der Waals surface area contributed by atoms with Gasteiger partial charge in [-0.15, -0.1) is 0 Å². The number of hydrogen-bond donors (Lipinski definition) is 3. The summed E-state index contributed by atoms with van der Waals surface area (Å²) in [7, 11) is 1.66. The van der Waals surface area contributed by atoms with Gasteiger partial charge in [0.25, 0.3) is 0 Å². The lowest BCUT2D eigenvalue weighted by molar-refractivity contribution is 0.316. The van der Waals surface area contributed by atoms with E-state index in [2.05, 4.69) is 17.4 Å². The topological polar surface area (TPSA) is 79.9 Å². The minimum Gasteiger partial charge on any atom is -0.497 e. The average Bonchev–Trinajstić information content (AvgIpc) is 2.43. The number of amidine groups is 1. The van der Waals surface area contributed by atoms with E-state index >= 15 is 0 Å². The van der Waals surface area contributed by atoms with Gasteiger partial charge in [0.05, 0.1) is 7.11 Å². The standard InChI is InChI=1S/C13H21N3O2/c1-10(15-9-3-4-13(14)16-17)11-5-7-12(18-2)8-6-11/h5-8,10,15,17H,3-4,9H2,1-2H3,(H2,14,16). The third kappa shape index (κ3) is 4.63. The van der Waals surface area contributed by atoms with Gasteiger partial charge in [-0.05, 0) is 37.6 Å². The lowest BCUT2D eigenvalue weighted by Gasteiger charge is -2.14. The Kier molecular flexibility index (Phi) is 6.00. The van der Waals surface area contributed by atoms with Crippen molar-refractivity contribution in [1.29, 1.82) is 0 Å². The Morgan fingerprint density at radius 1 is 1.44 bits per heavy atom. The van der Waals surface area contributed by atoms with E-state index in [4.69, 9.17) is 15.7 Å². The fourth-order valence-corrected chi connectivity index (χ4v) is 1.65.